The lowest BCUT2D eigenvalue weighted by Crippen LogP contribution is -2.19. The highest BCUT2D eigenvalue weighted by molar-refractivity contribution is 9.11. The number of halogens is 5. The molecule has 0 unspecified atom stereocenters. The molecule has 1 nitrogen and oxygen atoms in total. The van der Waals surface area contributed by atoms with E-state index in [0.717, 1.165) is 9.35 Å². The Labute approximate surface area is 104 Å². The van der Waals surface area contributed by atoms with Crippen LogP contribution >= 0.6 is 39.7 Å². The van der Waals surface area contributed by atoms with Crippen molar-refractivity contribution in [1.29, 1.82) is 0 Å². The summed E-state index contributed by atoms with van der Waals surface area (Å²) >= 11 is 4.50. The van der Waals surface area contributed by atoms with Gasteiger partial charge in [0.25, 0.3) is 0 Å². The third-order valence-corrected chi connectivity index (χ3v) is 3.96. The van der Waals surface area contributed by atoms with Crippen molar-refractivity contribution < 1.29 is 13.2 Å². The van der Waals surface area contributed by atoms with Crippen LogP contribution in [0.2, 0.25) is 0 Å². The third kappa shape index (κ3) is 4.72. The van der Waals surface area contributed by atoms with Crippen LogP contribution in [0.3, 0.4) is 0 Å². The fraction of sp³-hybridized carbons (Fsp3) is 0.500. The maximum atomic E-state index is 12.0. The smallest absolute Gasteiger partial charge is 0.323 e. The molecule has 0 bridgehead atoms. The Bertz CT molecular complexity index is 307. The Kier molecular flexibility index (Phi) is 5.60. The van der Waals surface area contributed by atoms with E-state index in [1.165, 1.54) is 11.3 Å². The zero-order valence-corrected chi connectivity index (χ0v) is 11.0. The molecule has 0 aliphatic heterocycles. The molecule has 7 heteroatoms. The quantitative estimate of drug-likeness (QED) is 0.867. The van der Waals surface area contributed by atoms with Crippen LogP contribution in [0.25, 0.3) is 0 Å². The van der Waals surface area contributed by atoms with Crippen molar-refractivity contribution in [1.82, 2.24) is 0 Å². The van der Waals surface area contributed by atoms with Gasteiger partial charge in [0.1, 0.15) is 0 Å². The van der Waals surface area contributed by atoms with Crippen molar-refractivity contribution in [3.63, 3.8) is 0 Å². The number of rotatable bonds is 2. The Morgan fingerprint density at radius 1 is 1.53 bits per heavy atom. The molecule has 15 heavy (non-hydrogen) atoms. The number of nitrogens with two attached hydrogens (primary N) is 1. The number of hydrogen-bond donors (Lipinski definition) is 1. The summed E-state index contributed by atoms with van der Waals surface area (Å²) in [5, 5.41) is 0. The normalized spacial score (nSPS) is 13.5. The van der Waals surface area contributed by atoms with E-state index in [9.17, 15) is 13.2 Å². The molecule has 88 valence electrons. The van der Waals surface area contributed by atoms with E-state index in [1.807, 2.05) is 6.92 Å². The third-order valence-electron chi connectivity index (χ3n) is 1.69. The van der Waals surface area contributed by atoms with Gasteiger partial charge in [0, 0.05) is 10.9 Å². The number of hydrogen-bond acceptors (Lipinski definition) is 2. The molecule has 0 saturated carbocycles. The topological polar surface area (TPSA) is 26.0 Å². The molecule has 1 heterocycles. The number of aryl methyl sites for hydroxylation is 1. The van der Waals surface area contributed by atoms with Crippen molar-refractivity contribution in [3.8, 4) is 0 Å². The standard InChI is InChI=1S/C8H9BrF3NS.ClH/c1-4-2-6(14-7(4)9)5(13)3-8(10,11)12;/h2,5H,3,13H2,1H3;1H/t5-;/m1./s1. The second-order valence-electron chi connectivity index (χ2n) is 3.03. The van der Waals surface area contributed by atoms with Gasteiger partial charge in [0.15, 0.2) is 0 Å². The molecular weight excluding hydrogens is 315 g/mol. The van der Waals surface area contributed by atoms with Gasteiger partial charge in [-0.2, -0.15) is 13.2 Å². The molecule has 0 spiro atoms. The van der Waals surface area contributed by atoms with Gasteiger partial charge < -0.3 is 5.73 Å². The van der Waals surface area contributed by atoms with E-state index in [1.54, 1.807) is 6.07 Å². The Hall–Kier alpha value is 0.220. The summed E-state index contributed by atoms with van der Waals surface area (Å²) in [6.07, 6.45) is -5.18. The minimum Gasteiger partial charge on any atom is -0.323 e. The van der Waals surface area contributed by atoms with Gasteiger partial charge in [0.05, 0.1) is 10.2 Å². The minimum absolute atomic E-state index is 0. The first-order chi connectivity index (χ1) is 6.29. The van der Waals surface area contributed by atoms with Gasteiger partial charge >= 0.3 is 6.18 Å². The zero-order chi connectivity index (χ0) is 10.9. The molecule has 1 rings (SSSR count). The van der Waals surface area contributed by atoms with Crippen LogP contribution in [0.5, 0.6) is 0 Å². The van der Waals surface area contributed by atoms with Gasteiger partial charge in [-0.3, -0.25) is 0 Å². The first-order valence-electron chi connectivity index (χ1n) is 3.88. The summed E-state index contributed by atoms with van der Waals surface area (Å²) in [6, 6.07) is 0.732. The molecule has 1 atom stereocenters. The Morgan fingerprint density at radius 2 is 2.07 bits per heavy atom. The van der Waals surface area contributed by atoms with E-state index < -0.39 is 18.6 Å². The molecule has 0 aromatic carbocycles. The summed E-state index contributed by atoms with van der Waals surface area (Å²) < 4.78 is 36.9. The van der Waals surface area contributed by atoms with Crippen molar-refractivity contribution >= 4 is 39.7 Å². The van der Waals surface area contributed by atoms with Gasteiger partial charge in [-0.05, 0) is 34.5 Å². The van der Waals surface area contributed by atoms with Crippen molar-refractivity contribution in [2.75, 3.05) is 0 Å². The lowest BCUT2D eigenvalue weighted by atomic mass is 10.1. The minimum atomic E-state index is -4.20. The molecular formula is C8H10BrClF3NS. The second-order valence-corrected chi connectivity index (χ2v) is 5.43. The fourth-order valence-electron chi connectivity index (χ4n) is 1.02. The summed E-state index contributed by atoms with van der Waals surface area (Å²) in [5.74, 6) is 0. The largest absolute Gasteiger partial charge is 0.390 e. The van der Waals surface area contributed by atoms with Crippen molar-refractivity contribution in [2.45, 2.75) is 25.6 Å². The zero-order valence-electron chi connectivity index (χ0n) is 7.77. The van der Waals surface area contributed by atoms with Gasteiger partial charge in [0.2, 0.25) is 0 Å². The van der Waals surface area contributed by atoms with Gasteiger partial charge in [-0.15, -0.1) is 23.7 Å². The molecule has 1 aromatic rings. The lowest BCUT2D eigenvalue weighted by molar-refractivity contribution is -0.138. The Morgan fingerprint density at radius 3 is 2.40 bits per heavy atom. The van der Waals surface area contributed by atoms with E-state index in [0.29, 0.717) is 4.88 Å². The van der Waals surface area contributed by atoms with Crippen LogP contribution in [-0.4, -0.2) is 6.18 Å². The maximum Gasteiger partial charge on any atom is 0.390 e. The first kappa shape index (κ1) is 15.2. The van der Waals surface area contributed by atoms with E-state index >= 15 is 0 Å². The van der Waals surface area contributed by atoms with Crippen LogP contribution in [-0.2, 0) is 0 Å². The molecule has 0 fully saturated rings. The molecule has 0 saturated heterocycles. The van der Waals surface area contributed by atoms with Crippen molar-refractivity contribution in [3.05, 3.63) is 20.3 Å². The number of alkyl halides is 3. The van der Waals surface area contributed by atoms with E-state index in [2.05, 4.69) is 15.9 Å². The van der Waals surface area contributed by atoms with E-state index in [-0.39, 0.29) is 12.4 Å². The fourth-order valence-corrected chi connectivity index (χ4v) is 2.59. The SMILES string of the molecule is Cc1cc([C@H](N)CC(F)(F)F)sc1Br.Cl. The average Bonchev–Trinajstić information content (AvgIpc) is 2.28. The molecule has 0 amide bonds. The molecule has 0 aliphatic carbocycles. The monoisotopic (exact) mass is 323 g/mol. The summed E-state index contributed by atoms with van der Waals surface area (Å²) in [4.78, 5) is 0.562. The predicted molar refractivity (Wildman–Crippen MR) is 61.6 cm³/mol. The molecule has 2 N–H and O–H groups in total. The maximum absolute atomic E-state index is 12.0. The first-order valence-corrected chi connectivity index (χ1v) is 5.48. The average molecular weight is 325 g/mol. The highest BCUT2D eigenvalue weighted by Gasteiger charge is 2.31. The van der Waals surface area contributed by atoms with Crippen LogP contribution < -0.4 is 5.73 Å². The van der Waals surface area contributed by atoms with Crippen molar-refractivity contribution in [2.24, 2.45) is 5.73 Å². The van der Waals surface area contributed by atoms with Crippen LogP contribution in [0.15, 0.2) is 9.85 Å². The summed E-state index contributed by atoms with van der Waals surface area (Å²) in [7, 11) is 0. The van der Waals surface area contributed by atoms with Crippen LogP contribution in [0.1, 0.15) is 22.9 Å². The lowest BCUT2D eigenvalue weighted by Gasteiger charge is -2.11. The van der Waals surface area contributed by atoms with Crippen LogP contribution in [0, 0.1) is 6.92 Å². The van der Waals surface area contributed by atoms with Gasteiger partial charge in [-0.1, -0.05) is 0 Å². The Balaban J connectivity index is 0.00000196. The van der Waals surface area contributed by atoms with Crippen LogP contribution in [0.4, 0.5) is 13.2 Å². The number of thiophene rings is 1. The second kappa shape index (κ2) is 5.52. The molecule has 0 aliphatic rings. The summed E-state index contributed by atoms with van der Waals surface area (Å²) in [6.45, 7) is 1.82. The predicted octanol–water partition coefficient (Wildman–Crippen LogP) is 4.19. The summed E-state index contributed by atoms with van der Waals surface area (Å²) in [5.41, 5.74) is 6.35. The van der Waals surface area contributed by atoms with E-state index in [4.69, 9.17) is 5.73 Å². The molecule has 0 radical (unpaired) electrons. The highest BCUT2D eigenvalue weighted by atomic mass is 79.9. The highest BCUT2D eigenvalue weighted by Crippen LogP contribution is 2.35. The van der Waals surface area contributed by atoms with Gasteiger partial charge in [-0.25, -0.2) is 0 Å². The molecule has 1 aromatic heterocycles.